The summed E-state index contributed by atoms with van der Waals surface area (Å²) in [6.07, 6.45) is 4.93. The number of benzene rings is 1. The van der Waals surface area contributed by atoms with Gasteiger partial charge < -0.3 is 0 Å². The average molecular weight is 297 g/mol. The van der Waals surface area contributed by atoms with Crippen molar-refractivity contribution in [3.05, 3.63) is 64.3 Å². The van der Waals surface area contributed by atoms with E-state index in [2.05, 4.69) is 15.1 Å². The normalized spacial score (nSPS) is 11.3. The maximum Gasteiger partial charge on any atom is 0.280 e. The monoisotopic (exact) mass is 296 g/mol. The fourth-order valence-electron chi connectivity index (χ4n) is 2.38. The molecule has 0 unspecified atom stereocenters. The highest BCUT2D eigenvalue weighted by Gasteiger charge is 2.11. The zero-order chi connectivity index (χ0) is 14.4. The van der Waals surface area contributed by atoms with Gasteiger partial charge in [0.1, 0.15) is 0 Å². The van der Waals surface area contributed by atoms with Gasteiger partial charge in [-0.2, -0.15) is 0 Å². The Morgan fingerprint density at radius 1 is 1.05 bits per heavy atom. The summed E-state index contributed by atoms with van der Waals surface area (Å²) in [4.78, 5) is 20.8. The SMILES string of the molecule is O=c1c2cnc3cnccc3c2[nH]n1-c1ccc(Cl)cc1. The molecular formula is C15H9ClN4O. The van der Waals surface area contributed by atoms with Crippen molar-refractivity contribution in [2.75, 3.05) is 0 Å². The number of nitrogens with zero attached hydrogens (tertiary/aromatic N) is 3. The van der Waals surface area contributed by atoms with E-state index in [1.54, 1.807) is 42.9 Å². The molecule has 3 heterocycles. The number of rotatable bonds is 1. The minimum atomic E-state index is -0.140. The molecule has 0 spiro atoms. The number of nitrogens with one attached hydrogen (secondary N) is 1. The van der Waals surface area contributed by atoms with Crippen LogP contribution in [0.25, 0.3) is 27.5 Å². The molecule has 0 radical (unpaired) electrons. The zero-order valence-corrected chi connectivity index (χ0v) is 11.5. The molecule has 4 aromatic rings. The fraction of sp³-hybridized carbons (Fsp3) is 0. The first-order chi connectivity index (χ1) is 10.2. The number of hydrogen-bond acceptors (Lipinski definition) is 3. The largest absolute Gasteiger partial charge is 0.290 e. The highest BCUT2D eigenvalue weighted by Crippen LogP contribution is 2.20. The van der Waals surface area contributed by atoms with Crippen LogP contribution in [-0.2, 0) is 0 Å². The molecular weight excluding hydrogens is 288 g/mol. The third kappa shape index (κ3) is 1.82. The van der Waals surface area contributed by atoms with Crippen LogP contribution in [0.5, 0.6) is 0 Å². The molecule has 1 N–H and O–H groups in total. The zero-order valence-electron chi connectivity index (χ0n) is 10.7. The van der Waals surface area contributed by atoms with Crippen LogP contribution in [-0.4, -0.2) is 19.7 Å². The summed E-state index contributed by atoms with van der Waals surface area (Å²) >= 11 is 5.88. The number of fused-ring (bicyclic) bond motifs is 3. The lowest BCUT2D eigenvalue weighted by Gasteiger charge is -2.00. The van der Waals surface area contributed by atoms with Gasteiger partial charge in [-0.25, -0.2) is 4.68 Å². The van der Waals surface area contributed by atoms with Crippen molar-refractivity contribution in [3.8, 4) is 5.69 Å². The summed E-state index contributed by atoms with van der Waals surface area (Å²) in [7, 11) is 0. The van der Waals surface area contributed by atoms with Crippen LogP contribution in [0.15, 0.2) is 53.7 Å². The van der Waals surface area contributed by atoms with Crippen molar-refractivity contribution in [1.82, 2.24) is 19.7 Å². The highest BCUT2D eigenvalue weighted by molar-refractivity contribution is 6.30. The first-order valence-corrected chi connectivity index (χ1v) is 6.71. The second-order valence-electron chi connectivity index (χ2n) is 4.67. The lowest BCUT2D eigenvalue weighted by Crippen LogP contribution is -2.13. The summed E-state index contributed by atoms with van der Waals surface area (Å²) in [5.41, 5.74) is 2.08. The van der Waals surface area contributed by atoms with E-state index in [1.165, 1.54) is 4.68 Å². The molecule has 102 valence electrons. The van der Waals surface area contributed by atoms with Gasteiger partial charge in [-0.1, -0.05) is 11.6 Å². The van der Waals surface area contributed by atoms with Gasteiger partial charge in [0.05, 0.1) is 28.3 Å². The van der Waals surface area contributed by atoms with E-state index in [0.717, 1.165) is 22.1 Å². The van der Waals surface area contributed by atoms with E-state index >= 15 is 0 Å². The quantitative estimate of drug-likeness (QED) is 0.587. The van der Waals surface area contributed by atoms with E-state index < -0.39 is 0 Å². The molecule has 0 aliphatic carbocycles. The minimum absolute atomic E-state index is 0.140. The van der Waals surface area contributed by atoms with Crippen LogP contribution in [0.2, 0.25) is 5.02 Å². The van der Waals surface area contributed by atoms with Crippen LogP contribution in [0, 0.1) is 0 Å². The Morgan fingerprint density at radius 2 is 1.86 bits per heavy atom. The van der Waals surface area contributed by atoms with E-state index in [9.17, 15) is 4.79 Å². The first kappa shape index (κ1) is 12.1. The van der Waals surface area contributed by atoms with Crippen LogP contribution >= 0.6 is 11.6 Å². The fourth-order valence-corrected chi connectivity index (χ4v) is 2.51. The van der Waals surface area contributed by atoms with Gasteiger partial charge in [0.15, 0.2) is 0 Å². The van der Waals surface area contributed by atoms with Gasteiger partial charge in [-0.3, -0.25) is 19.9 Å². The molecule has 0 aliphatic rings. The summed E-state index contributed by atoms with van der Waals surface area (Å²) in [5, 5.41) is 5.17. The van der Waals surface area contributed by atoms with E-state index in [1.807, 2.05) is 6.07 Å². The minimum Gasteiger partial charge on any atom is -0.290 e. The molecule has 4 rings (SSSR count). The summed E-state index contributed by atoms with van der Waals surface area (Å²) in [6.45, 7) is 0. The van der Waals surface area contributed by atoms with E-state index in [0.29, 0.717) is 10.4 Å². The molecule has 21 heavy (non-hydrogen) atoms. The Labute approximate surface area is 123 Å². The topological polar surface area (TPSA) is 63.6 Å². The third-order valence-electron chi connectivity index (χ3n) is 3.41. The molecule has 3 aromatic heterocycles. The molecule has 0 saturated carbocycles. The Kier molecular flexibility index (Phi) is 2.55. The number of aromatic nitrogens is 4. The maximum absolute atomic E-state index is 12.5. The number of aromatic amines is 1. The summed E-state index contributed by atoms with van der Waals surface area (Å²) in [6, 6.07) is 8.91. The maximum atomic E-state index is 12.5. The molecule has 6 heteroatoms. The van der Waals surface area contributed by atoms with Crippen LogP contribution in [0.1, 0.15) is 0 Å². The Bertz CT molecular complexity index is 1020. The predicted octanol–water partition coefficient (Wildman–Crippen LogP) is 2.92. The Morgan fingerprint density at radius 3 is 2.67 bits per heavy atom. The van der Waals surface area contributed by atoms with Crippen LogP contribution in [0.4, 0.5) is 0 Å². The van der Waals surface area contributed by atoms with Crippen LogP contribution < -0.4 is 5.56 Å². The predicted molar refractivity (Wildman–Crippen MR) is 82.0 cm³/mol. The summed E-state index contributed by atoms with van der Waals surface area (Å²) in [5.74, 6) is 0. The van der Waals surface area contributed by atoms with Crippen molar-refractivity contribution < 1.29 is 0 Å². The molecule has 0 fully saturated rings. The summed E-state index contributed by atoms with van der Waals surface area (Å²) < 4.78 is 1.49. The van der Waals surface area contributed by atoms with Crippen molar-refractivity contribution in [1.29, 1.82) is 0 Å². The standard InChI is InChI=1S/C15H9ClN4O/c16-9-1-3-10(4-2-9)20-15(21)12-7-18-13-8-17-6-5-11(13)14(12)19-20/h1-8,19H. The molecule has 0 saturated heterocycles. The highest BCUT2D eigenvalue weighted by atomic mass is 35.5. The molecule has 1 aromatic carbocycles. The van der Waals surface area contributed by atoms with Gasteiger partial charge in [-0.15, -0.1) is 0 Å². The van der Waals surface area contributed by atoms with Gasteiger partial charge in [-0.05, 0) is 30.3 Å². The number of halogens is 1. The Hall–Kier alpha value is -2.66. The number of pyridine rings is 2. The van der Waals surface area contributed by atoms with E-state index in [4.69, 9.17) is 11.6 Å². The lowest BCUT2D eigenvalue weighted by molar-refractivity contribution is 0.864. The van der Waals surface area contributed by atoms with Crippen molar-refractivity contribution in [2.24, 2.45) is 0 Å². The number of hydrogen-bond donors (Lipinski definition) is 1. The lowest BCUT2D eigenvalue weighted by atomic mass is 10.2. The van der Waals surface area contributed by atoms with E-state index in [-0.39, 0.29) is 5.56 Å². The first-order valence-electron chi connectivity index (χ1n) is 6.33. The van der Waals surface area contributed by atoms with Crippen molar-refractivity contribution in [2.45, 2.75) is 0 Å². The van der Waals surface area contributed by atoms with Gasteiger partial charge in [0.2, 0.25) is 0 Å². The molecule has 5 nitrogen and oxygen atoms in total. The van der Waals surface area contributed by atoms with Crippen molar-refractivity contribution in [3.63, 3.8) is 0 Å². The number of H-pyrrole nitrogens is 1. The van der Waals surface area contributed by atoms with Crippen LogP contribution in [0.3, 0.4) is 0 Å². The Balaban J connectivity index is 2.07. The second-order valence-corrected chi connectivity index (χ2v) is 5.10. The molecule has 0 aliphatic heterocycles. The molecule has 0 atom stereocenters. The molecule has 0 amide bonds. The third-order valence-corrected chi connectivity index (χ3v) is 3.67. The van der Waals surface area contributed by atoms with Crippen molar-refractivity contribution >= 4 is 33.4 Å². The average Bonchev–Trinajstić information content (AvgIpc) is 2.86. The smallest absolute Gasteiger partial charge is 0.280 e. The van der Waals surface area contributed by atoms with Gasteiger partial charge in [0, 0.05) is 22.8 Å². The van der Waals surface area contributed by atoms with Gasteiger partial charge in [0.25, 0.3) is 5.56 Å². The van der Waals surface area contributed by atoms with Gasteiger partial charge >= 0.3 is 0 Å². The second kappa shape index (κ2) is 4.43. The molecule has 0 bridgehead atoms.